The van der Waals surface area contributed by atoms with Gasteiger partial charge in [-0.15, -0.1) is 0 Å². The maximum atomic E-state index is 13.1. The average Bonchev–Trinajstić information content (AvgIpc) is 3.57. The summed E-state index contributed by atoms with van der Waals surface area (Å²) in [6.45, 7) is 3.14. The number of nitrogens with zero attached hydrogens (tertiary/aromatic N) is 2. The molecule has 9 nitrogen and oxygen atoms in total. The molecule has 0 saturated carbocycles. The number of aliphatic hydroxyl groups is 2. The first-order valence-electron chi connectivity index (χ1n) is 12.0. The molecule has 4 atom stereocenters. The van der Waals surface area contributed by atoms with E-state index >= 15 is 0 Å². The summed E-state index contributed by atoms with van der Waals surface area (Å²) in [6, 6.07) is 4.75. The maximum Gasteiger partial charge on any atom is 0.264 e. The number of likely N-dealkylation sites (tertiary alicyclic amines) is 1. The van der Waals surface area contributed by atoms with E-state index in [1.54, 1.807) is 49.2 Å². The van der Waals surface area contributed by atoms with Crippen molar-refractivity contribution < 1.29 is 24.6 Å². The molecule has 9 heteroatoms. The zero-order valence-corrected chi connectivity index (χ0v) is 19.8. The lowest BCUT2D eigenvalue weighted by Gasteiger charge is -2.27. The van der Waals surface area contributed by atoms with Crippen LogP contribution in [0.3, 0.4) is 0 Å². The van der Waals surface area contributed by atoms with Gasteiger partial charge in [-0.25, -0.2) is 0 Å². The second-order valence-corrected chi connectivity index (χ2v) is 9.49. The van der Waals surface area contributed by atoms with E-state index in [9.17, 15) is 24.6 Å². The van der Waals surface area contributed by atoms with Crippen LogP contribution in [0.4, 0.5) is 11.4 Å². The van der Waals surface area contributed by atoms with Crippen LogP contribution in [-0.4, -0.2) is 71.7 Å². The summed E-state index contributed by atoms with van der Waals surface area (Å²) in [5.74, 6) is -1.26. The van der Waals surface area contributed by atoms with Gasteiger partial charge in [-0.3, -0.25) is 14.4 Å². The summed E-state index contributed by atoms with van der Waals surface area (Å²) in [4.78, 5) is 41.3. The second-order valence-electron chi connectivity index (χ2n) is 9.49. The third-order valence-electron chi connectivity index (χ3n) is 7.33. The van der Waals surface area contributed by atoms with Gasteiger partial charge in [0.1, 0.15) is 0 Å². The van der Waals surface area contributed by atoms with Crippen molar-refractivity contribution in [1.29, 1.82) is 0 Å². The van der Waals surface area contributed by atoms with E-state index in [1.807, 2.05) is 0 Å². The van der Waals surface area contributed by atoms with Crippen LogP contribution in [-0.2, 0) is 20.0 Å². The lowest BCUT2D eigenvalue weighted by atomic mass is 9.82. The van der Waals surface area contributed by atoms with E-state index < -0.39 is 17.4 Å². The largest absolute Gasteiger partial charge is 0.394 e. The lowest BCUT2D eigenvalue weighted by Crippen LogP contribution is -2.43. The van der Waals surface area contributed by atoms with Crippen LogP contribution in [0.15, 0.2) is 30.4 Å². The summed E-state index contributed by atoms with van der Waals surface area (Å²) >= 11 is 0. The molecule has 184 valence electrons. The van der Waals surface area contributed by atoms with E-state index in [4.69, 9.17) is 0 Å². The van der Waals surface area contributed by atoms with Crippen LogP contribution in [0, 0.1) is 5.92 Å². The normalized spacial score (nSPS) is 27.5. The molecule has 2 fully saturated rings. The van der Waals surface area contributed by atoms with Crippen LogP contribution in [0.5, 0.6) is 0 Å². The van der Waals surface area contributed by atoms with E-state index in [0.717, 1.165) is 32.2 Å². The van der Waals surface area contributed by atoms with Crippen LogP contribution < -0.4 is 15.5 Å². The van der Waals surface area contributed by atoms with Gasteiger partial charge >= 0.3 is 0 Å². The number of aliphatic hydroxyl groups excluding tert-OH is 1. The average molecular weight is 471 g/mol. The maximum absolute atomic E-state index is 13.1. The third-order valence-corrected chi connectivity index (χ3v) is 7.33. The van der Waals surface area contributed by atoms with E-state index in [1.165, 1.54) is 4.90 Å². The fourth-order valence-electron chi connectivity index (χ4n) is 5.25. The molecule has 0 radical (unpaired) electrons. The monoisotopic (exact) mass is 470 g/mol. The molecular weight excluding hydrogens is 436 g/mol. The Balaban J connectivity index is 1.50. The topological polar surface area (TPSA) is 122 Å². The minimum absolute atomic E-state index is 0.0427. The van der Waals surface area contributed by atoms with Crippen molar-refractivity contribution in [3.8, 4) is 0 Å². The van der Waals surface area contributed by atoms with Gasteiger partial charge in [0.15, 0.2) is 5.60 Å². The highest BCUT2D eigenvalue weighted by atomic mass is 16.3. The zero-order valence-electron chi connectivity index (χ0n) is 19.8. The summed E-state index contributed by atoms with van der Waals surface area (Å²) in [5, 5.41) is 27.1. The molecule has 2 saturated heterocycles. The minimum Gasteiger partial charge on any atom is -0.394 e. The third kappa shape index (κ3) is 4.35. The molecule has 0 aliphatic carbocycles. The molecule has 0 aromatic heterocycles. The van der Waals surface area contributed by atoms with Gasteiger partial charge in [-0.2, -0.15) is 0 Å². The molecule has 0 unspecified atom stereocenters. The Kier molecular flexibility index (Phi) is 7.06. The molecule has 3 heterocycles. The van der Waals surface area contributed by atoms with Crippen LogP contribution in [0.1, 0.15) is 44.6 Å². The van der Waals surface area contributed by atoms with Gasteiger partial charge in [-0.05, 0) is 50.4 Å². The summed E-state index contributed by atoms with van der Waals surface area (Å²) in [6.07, 6.45) is 6.92. The van der Waals surface area contributed by atoms with Crippen molar-refractivity contribution in [2.24, 2.45) is 5.92 Å². The molecule has 4 rings (SSSR count). The van der Waals surface area contributed by atoms with Gasteiger partial charge < -0.3 is 30.6 Å². The number of benzene rings is 1. The number of hydrogen-bond donors (Lipinski definition) is 4. The Morgan fingerprint density at radius 2 is 2.12 bits per heavy atom. The highest BCUT2D eigenvalue weighted by Crippen LogP contribution is 2.45. The second kappa shape index (κ2) is 9.85. The number of anilines is 2. The van der Waals surface area contributed by atoms with Gasteiger partial charge in [0.2, 0.25) is 11.8 Å². The molecule has 34 heavy (non-hydrogen) atoms. The minimum atomic E-state index is -1.81. The standard InChI is InChI=1S/C25H34N4O5/c1-16(6-3-9-22(31)29-13-5-7-18(29)15-30)25(34)19-14-17(10-11-21(19)28(2)24(25)33)27-23(32)20-8-4-12-26-20/h3,6,10-11,14,16,18,20,26,30,34H,4-5,7-9,12-13,15H2,1-2H3,(H,27,32)/b6-3+/t16-,18-,20+,25+/m0/s1. The molecule has 0 spiro atoms. The van der Waals surface area contributed by atoms with Gasteiger partial charge in [-0.1, -0.05) is 19.1 Å². The predicted molar refractivity (Wildman–Crippen MR) is 128 cm³/mol. The number of nitrogens with one attached hydrogen (secondary N) is 2. The summed E-state index contributed by atoms with van der Waals surface area (Å²) in [7, 11) is 1.61. The molecule has 3 amide bonds. The number of fused-ring (bicyclic) bond motifs is 1. The first-order chi connectivity index (χ1) is 16.3. The lowest BCUT2D eigenvalue weighted by molar-refractivity contribution is -0.139. The first-order valence-corrected chi connectivity index (χ1v) is 12.0. The van der Waals surface area contributed by atoms with Crippen molar-refractivity contribution in [3.63, 3.8) is 0 Å². The number of carbonyl (C=O) groups is 3. The van der Waals surface area contributed by atoms with Crippen molar-refractivity contribution in [2.45, 2.75) is 56.7 Å². The zero-order chi connectivity index (χ0) is 24.5. The van der Waals surface area contributed by atoms with Crippen molar-refractivity contribution in [1.82, 2.24) is 10.2 Å². The number of likely N-dealkylation sites (N-methyl/N-ethyl adjacent to an activating group) is 1. The van der Waals surface area contributed by atoms with Crippen molar-refractivity contribution >= 4 is 29.1 Å². The number of hydrogen-bond acceptors (Lipinski definition) is 6. The predicted octanol–water partition coefficient (Wildman–Crippen LogP) is 1.11. The van der Waals surface area contributed by atoms with E-state index in [-0.39, 0.29) is 36.9 Å². The Labute approximate surface area is 199 Å². The van der Waals surface area contributed by atoms with Crippen LogP contribution >= 0.6 is 0 Å². The smallest absolute Gasteiger partial charge is 0.264 e. The molecular formula is C25H34N4O5. The van der Waals surface area contributed by atoms with E-state index in [2.05, 4.69) is 10.6 Å². The Bertz CT molecular complexity index is 990. The Hall–Kier alpha value is -2.75. The van der Waals surface area contributed by atoms with Crippen LogP contribution in [0.25, 0.3) is 0 Å². The molecule has 1 aromatic carbocycles. The Morgan fingerprint density at radius 1 is 1.32 bits per heavy atom. The first kappa shape index (κ1) is 24.4. The van der Waals surface area contributed by atoms with Gasteiger partial charge in [0.25, 0.3) is 5.91 Å². The fraction of sp³-hybridized carbons (Fsp3) is 0.560. The van der Waals surface area contributed by atoms with Gasteiger partial charge in [0, 0.05) is 37.2 Å². The molecule has 3 aliphatic rings. The number of carbonyl (C=O) groups excluding carboxylic acids is 3. The number of amides is 3. The Morgan fingerprint density at radius 3 is 2.82 bits per heavy atom. The fourth-order valence-corrected chi connectivity index (χ4v) is 5.25. The van der Waals surface area contributed by atoms with E-state index in [0.29, 0.717) is 23.5 Å². The molecule has 1 aromatic rings. The van der Waals surface area contributed by atoms with Crippen LogP contribution in [0.2, 0.25) is 0 Å². The molecule has 3 aliphatic heterocycles. The number of rotatable bonds is 7. The SMILES string of the molecule is C[C@@H](/C=C/CC(=O)N1CCC[C@H]1CO)[C@]1(O)C(=O)N(C)c2ccc(NC(=O)[C@H]3CCCN3)cc21. The summed E-state index contributed by atoms with van der Waals surface area (Å²) in [5.41, 5.74) is -0.268. The molecule has 4 N–H and O–H groups in total. The highest BCUT2D eigenvalue weighted by molar-refractivity contribution is 6.07. The quantitative estimate of drug-likeness (QED) is 0.443. The van der Waals surface area contributed by atoms with Gasteiger partial charge in [0.05, 0.1) is 24.4 Å². The highest BCUT2D eigenvalue weighted by Gasteiger charge is 2.51. The molecule has 0 bridgehead atoms. The van der Waals surface area contributed by atoms with Crippen molar-refractivity contribution in [3.05, 3.63) is 35.9 Å². The van der Waals surface area contributed by atoms with Crippen molar-refractivity contribution in [2.75, 3.05) is 37.0 Å². The summed E-state index contributed by atoms with van der Waals surface area (Å²) < 4.78 is 0.